The SMILES string of the molecule is NCCCCC(NC(=O)C(CCC(=O)O)NC(=O)C(CCCCN)NC(=O)C1CCCN1C(=O)C1CCC(CN)CC1)C(=O)O. The van der Waals surface area contributed by atoms with Crippen LogP contribution in [0.25, 0.3) is 0 Å². The lowest BCUT2D eigenvalue weighted by Gasteiger charge is -2.33. The molecule has 4 atom stereocenters. The number of carbonyl (C=O) groups excluding carboxylic acids is 4. The number of nitrogens with zero attached hydrogens (tertiary/aromatic N) is 1. The average Bonchev–Trinajstić information content (AvgIpc) is 3.52. The van der Waals surface area contributed by atoms with E-state index in [1.165, 1.54) is 0 Å². The van der Waals surface area contributed by atoms with Crippen LogP contribution in [0.2, 0.25) is 0 Å². The first-order chi connectivity index (χ1) is 21.5. The van der Waals surface area contributed by atoms with Gasteiger partial charge in [-0.25, -0.2) is 4.79 Å². The number of rotatable bonds is 20. The number of carboxylic acids is 2. The maximum absolute atomic E-state index is 13.5. The molecule has 1 heterocycles. The zero-order valence-electron chi connectivity index (χ0n) is 26.2. The van der Waals surface area contributed by atoms with Gasteiger partial charge in [-0.2, -0.15) is 0 Å². The predicted molar refractivity (Wildman–Crippen MR) is 165 cm³/mol. The van der Waals surface area contributed by atoms with Crippen LogP contribution in [0.15, 0.2) is 0 Å². The third-order valence-corrected chi connectivity index (χ3v) is 8.79. The first kappa shape index (κ1) is 37.9. The molecule has 0 aromatic rings. The topological polar surface area (TPSA) is 260 Å². The fourth-order valence-electron chi connectivity index (χ4n) is 6.04. The Bertz CT molecular complexity index is 1000. The minimum absolute atomic E-state index is 0.0582. The number of carbonyl (C=O) groups is 6. The van der Waals surface area contributed by atoms with Gasteiger partial charge in [0.25, 0.3) is 0 Å². The van der Waals surface area contributed by atoms with E-state index >= 15 is 0 Å². The second-order valence-electron chi connectivity index (χ2n) is 12.2. The Hall–Kier alpha value is -3.30. The van der Waals surface area contributed by atoms with Crippen molar-refractivity contribution in [2.75, 3.05) is 26.2 Å². The number of nitrogens with one attached hydrogen (secondary N) is 3. The third kappa shape index (κ3) is 12.5. The summed E-state index contributed by atoms with van der Waals surface area (Å²) in [6, 6.07) is -4.41. The van der Waals surface area contributed by atoms with Crippen molar-refractivity contribution in [1.29, 1.82) is 0 Å². The summed E-state index contributed by atoms with van der Waals surface area (Å²) < 4.78 is 0. The Morgan fingerprint density at radius 1 is 0.711 bits per heavy atom. The van der Waals surface area contributed by atoms with Crippen molar-refractivity contribution in [2.45, 2.75) is 114 Å². The van der Waals surface area contributed by atoms with Gasteiger partial charge in [-0.05, 0) is 109 Å². The van der Waals surface area contributed by atoms with Crippen molar-refractivity contribution in [3.8, 4) is 0 Å². The molecule has 11 N–H and O–H groups in total. The van der Waals surface area contributed by atoms with Gasteiger partial charge in [-0.3, -0.25) is 24.0 Å². The molecule has 0 radical (unpaired) electrons. The van der Waals surface area contributed by atoms with E-state index < -0.39 is 60.2 Å². The van der Waals surface area contributed by atoms with Crippen molar-refractivity contribution in [2.24, 2.45) is 29.0 Å². The summed E-state index contributed by atoms with van der Waals surface area (Å²) in [5.74, 6) is -4.30. The molecule has 1 aliphatic heterocycles. The zero-order chi connectivity index (χ0) is 33.4. The van der Waals surface area contributed by atoms with Gasteiger partial charge in [0.05, 0.1) is 0 Å². The molecule has 2 rings (SSSR count). The monoisotopic (exact) mass is 639 g/mol. The van der Waals surface area contributed by atoms with Gasteiger partial charge in [0.1, 0.15) is 24.2 Å². The van der Waals surface area contributed by atoms with Gasteiger partial charge in [-0.1, -0.05) is 0 Å². The largest absolute Gasteiger partial charge is 0.481 e. The lowest BCUT2D eigenvalue weighted by atomic mass is 9.81. The molecule has 4 unspecified atom stereocenters. The highest BCUT2D eigenvalue weighted by Gasteiger charge is 2.39. The Balaban J connectivity index is 2.14. The molecule has 1 saturated carbocycles. The molecule has 0 aromatic heterocycles. The molecule has 45 heavy (non-hydrogen) atoms. The summed E-state index contributed by atoms with van der Waals surface area (Å²) in [4.78, 5) is 78.1. The first-order valence-corrected chi connectivity index (χ1v) is 16.3. The van der Waals surface area contributed by atoms with E-state index in [-0.39, 0.29) is 31.1 Å². The molecule has 2 fully saturated rings. The van der Waals surface area contributed by atoms with Gasteiger partial charge in [0.2, 0.25) is 23.6 Å². The first-order valence-electron chi connectivity index (χ1n) is 16.3. The lowest BCUT2D eigenvalue weighted by Crippen LogP contribution is -2.57. The maximum Gasteiger partial charge on any atom is 0.326 e. The van der Waals surface area contributed by atoms with Crippen LogP contribution in [-0.4, -0.2) is 101 Å². The molecule has 15 heteroatoms. The van der Waals surface area contributed by atoms with Gasteiger partial charge >= 0.3 is 11.9 Å². The number of hydrogen-bond donors (Lipinski definition) is 8. The van der Waals surface area contributed by atoms with Crippen LogP contribution >= 0.6 is 0 Å². The minimum atomic E-state index is -1.35. The Kier molecular flexibility index (Phi) is 16.8. The maximum atomic E-state index is 13.5. The number of nitrogens with two attached hydrogens (primary N) is 3. The summed E-state index contributed by atoms with van der Waals surface area (Å²) in [7, 11) is 0. The Labute approximate surface area is 264 Å². The summed E-state index contributed by atoms with van der Waals surface area (Å²) in [6.07, 6.45) is 5.94. The smallest absolute Gasteiger partial charge is 0.326 e. The Morgan fingerprint density at radius 2 is 1.27 bits per heavy atom. The number of aliphatic carboxylic acids is 2. The number of unbranched alkanes of at least 4 members (excludes halogenated alkanes) is 2. The molecule has 15 nitrogen and oxygen atoms in total. The quantitative estimate of drug-likeness (QED) is 0.0780. The standard InChI is InChI=1S/C30H53N7O8/c31-15-3-1-6-21(35-28(42)24-8-5-17-37(24)29(43)20-11-9-19(18-33)10-12-20)26(40)34-22(13-14-25(38)39)27(41)36-23(30(44)45)7-2-4-16-32/h19-24H,1-18,31-33H2,(H,34,40)(H,35,42)(H,36,41)(H,38,39)(H,44,45). The van der Waals surface area contributed by atoms with Crippen molar-refractivity contribution in [3.05, 3.63) is 0 Å². The van der Waals surface area contributed by atoms with Crippen LogP contribution in [0.3, 0.4) is 0 Å². The third-order valence-electron chi connectivity index (χ3n) is 8.79. The summed E-state index contributed by atoms with van der Waals surface area (Å²) in [5, 5.41) is 26.5. The van der Waals surface area contributed by atoms with E-state index in [4.69, 9.17) is 17.2 Å². The summed E-state index contributed by atoms with van der Waals surface area (Å²) >= 11 is 0. The van der Waals surface area contributed by atoms with Crippen molar-refractivity contribution in [3.63, 3.8) is 0 Å². The zero-order valence-corrected chi connectivity index (χ0v) is 26.2. The van der Waals surface area contributed by atoms with E-state index in [0.29, 0.717) is 70.6 Å². The number of carboxylic acid groups (broad SMARTS) is 2. The molecule has 0 aromatic carbocycles. The molecule has 4 amide bonds. The predicted octanol–water partition coefficient (Wildman–Crippen LogP) is -0.596. The molecule has 1 aliphatic carbocycles. The van der Waals surface area contributed by atoms with E-state index in [0.717, 1.165) is 25.7 Å². The van der Waals surface area contributed by atoms with E-state index in [9.17, 15) is 39.0 Å². The summed E-state index contributed by atoms with van der Waals surface area (Å²) in [6.45, 7) is 1.77. The average molecular weight is 640 g/mol. The normalized spacial score (nSPS) is 21.8. The molecular formula is C30H53N7O8. The fourth-order valence-corrected chi connectivity index (χ4v) is 6.04. The molecule has 0 spiro atoms. The molecule has 256 valence electrons. The van der Waals surface area contributed by atoms with Gasteiger partial charge < -0.3 is 48.3 Å². The highest BCUT2D eigenvalue weighted by Crippen LogP contribution is 2.31. The van der Waals surface area contributed by atoms with E-state index in [2.05, 4.69) is 16.0 Å². The molecular weight excluding hydrogens is 586 g/mol. The molecule has 2 aliphatic rings. The summed E-state index contributed by atoms with van der Waals surface area (Å²) in [5.41, 5.74) is 16.9. The van der Waals surface area contributed by atoms with Gasteiger partial charge in [-0.15, -0.1) is 0 Å². The second kappa shape index (κ2) is 20.0. The van der Waals surface area contributed by atoms with E-state index in [1.54, 1.807) is 4.90 Å². The fraction of sp³-hybridized carbons (Fsp3) is 0.800. The lowest BCUT2D eigenvalue weighted by molar-refractivity contribution is -0.144. The number of amides is 4. The highest BCUT2D eigenvalue weighted by molar-refractivity contribution is 5.95. The number of hydrogen-bond acceptors (Lipinski definition) is 9. The van der Waals surface area contributed by atoms with Gasteiger partial charge in [0.15, 0.2) is 0 Å². The van der Waals surface area contributed by atoms with E-state index in [1.807, 2.05) is 0 Å². The van der Waals surface area contributed by atoms with Crippen LogP contribution in [0.4, 0.5) is 0 Å². The van der Waals surface area contributed by atoms with Crippen LogP contribution in [-0.2, 0) is 28.8 Å². The Morgan fingerprint density at radius 3 is 1.80 bits per heavy atom. The second-order valence-corrected chi connectivity index (χ2v) is 12.2. The van der Waals surface area contributed by atoms with Crippen molar-refractivity contribution < 1.29 is 39.0 Å². The molecule has 1 saturated heterocycles. The van der Waals surface area contributed by atoms with Crippen molar-refractivity contribution in [1.82, 2.24) is 20.9 Å². The van der Waals surface area contributed by atoms with Crippen LogP contribution < -0.4 is 33.2 Å². The van der Waals surface area contributed by atoms with Crippen LogP contribution in [0.1, 0.15) is 89.9 Å². The van der Waals surface area contributed by atoms with Crippen LogP contribution in [0, 0.1) is 11.8 Å². The van der Waals surface area contributed by atoms with Crippen molar-refractivity contribution >= 4 is 35.6 Å². The minimum Gasteiger partial charge on any atom is -0.481 e. The van der Waals surface area contributed by atoms with Crippen LogP contribution in [0.5, 0.6) is 0 Å². The van der Waals surface area contributed by atoms with Gasteiger partial charge in [0, 0.05) is 18.9 Å². The number of likely N-dealkylation sites (tertiary alicyclic amines) is 1. The highest BCUT2D eigenvalue weighted by atomic mass is 16.4. The molecule has 0 bridgehead atoms.